The van der Waals surface area contributed by atoms with Gasteiger partial charge in [0.2, 0.25) is 5.91 Å². The molecule has 0 saturated carbocycles. The van der Waals surface area contributed by atoms with Crippen molar-refractivity contribution >= 4 is 34.0 Å². The molecule has 7 N–H and O–H groups in total. The average molecular weight is 486 g/mol. The van der Waals surface area contributed by atoms with E-state index in [0.29, 0.717) is 53.1 Å². The molecule has 4 rings (SSSR count). The van der Waals surface area contributed by atoms with Gasteiger partial charge in [0.1, 0.15) is 22.9 Å². The molecule has 0 spiro atoms. The third-order valence-electron chi connectivity index (χ3n) is 5.73. The summed E-state index contributed by atoms with van der Waals surface area (Å²) in [4.78, 5) is 24.8. The van der Waals surface area contributed by atoms with Crippen LogP contribution in [0.2, 0.25) is 0 Å². The summed E-state index contributed by atoms with van der Waals surface area (Å²) in [6.45, 7) is 4.00. The number of hydrogen-bond acceptors (Lipinski definition) is 7. The van der Waals surface area contributed by atoms with Crippen LogP contribution in [0.5, 0.6) is 11.5 Å². The fourth-order valence-corrected chi connectivity index (χ4v) is 4.02. The largest absolute Gasteiger partial charge is 0.504 e. The van der Waals surface area contributed by atoms with Gasteiger partial charge in [-0.15, -0.1) is 0 Å². The van der Waals surface area contributed by atoms with E-state index in [4.69, 9.17) is 26.4 Å². The van der Waals surface area contributed by atoms with Crippen LogP contribution in [0.4, 0.5) is 11.4 Å². The summed E-state index contributed by atoms with van der Waals surface area (Å²) in [6, 6.07) is 17.7. The standard InChI is InChI=1S/C28H27N3O5/c1-16(12-17-6-3-2-4-7-17)35-19-10-11-20-24(15-19)36-23(8-5-9-25(31)32)26(20)27(33)18-13-21(29)28(34)22(30)14-18/h2-4,6-7,10-11,13-15,34H,1,5,8-9,12,29-30H2,(H2,31,32). The van der Waals surface area contributed by atoms with Crippen molar-refractivity contribution in [3.8, 4) is 11.5 Å². The van der Waals surface area contributed by atoms with E-state index < -0.39 is 5.91 Å². The van der Waals surface area contributed by atoms with Crippen molar-refractivity contribution in [2.75, 3.05) is 11.5 Å². The number of fused-ring (bicyclic) bond motifs is 1. The van der Waals surface area contributed by atoms with Crippen LogP contribution in [0.15, 0.2) is 77.4 Å². The molecule has 4 aromatic rings. The minimum absolute atomic E-state index is 0.00552. The third kappa shape index (κ3) is 5.33. The van der Waals surface area contributed by atoms with E-state index in [-0.39, 0.29) is 34.9 Å². The van der Waals surface area contributed by atoms with E-state index in [9.17, 15) is 14.7 Å². The molecule has 0 saturated heterocycles. The Morgan fingerprint density at radius 2 is 1.69 bits per heavy atom. The first-order valence-corrected chi connectivity index (χ1v) is 11.4. The maximum atomic E-state index is 13.5. The molecule has 3 aromatic carbocycles. The molecular formula is C28H27N3O5. The van der Waals surface area contributed by atoms with Gasteiger partial charge in [-0.1, -0.05) is 36.9 Å². The molecule has 0 aliphatic heterocycles. The van der Waals surface area contributed by atoms with Gasteiger partial charge in [-0.25, -0.2) is 0 Å². The molecule has 36 heavy (non-hydrogen) atoms. The maximum Gasteiger partial charge on any atom is 0.217 e. The molecule has 1 heterocycles. The van der Waals surface area contributed by atoms with E-state index in [1.54, 1.807) is 18.2 Å². The number of allylic oxidation sites excluding steroid dienone is 1. The number of anilines is 2. The highest BCUT2D eigenvalue weighted by molar-refractivity contribution is 6.17. The molecule has 8 nitrogen and oxygen atoms in total. The van der Waals surface area contributed by atoms with Crippen molar-refractivity contribution < 1.29 is 23.8 Å². The minimum Gasteiger partial charge on any atom is -0.504 e. The zero-order valence-electron chi connectivity index (χ0n) is 19.6. The lowest BCUT2D eigenvalue weighted by molar-refractivity contribution is -0.118. The summed E-state index contributed by atoms with van der Waals surface area (Å²) >= 11 is 0. The predicted octanol–water partition coefficient (Wildman–Crippen LogP) is 4.48. The molecule has 0 radical (unpaired) electrons. The summed E-state index contributed by atoms with van der Waals surface area (Å²) in [5.74, 6) is 0.386. The zero-order chi connectivity index (χ0) is 25.8. The number of ketones is 1. The highest BCUT2D eigenvalue weighted by Crippen LogP contribution is 2.35. The number of phenols is 1. The Kier molecular flexibility index (Phi) is 6.96. The van der Waals surface area contributed by atoms with E-state index in [0.717, 1.165) is 5.56 Å². The average Bonchev–Trinajstić information content (AvgIpc) is 3.19. The Hall–Kier alpha value is -4.72. The van der Waals surface area contributed by atoms with Crippen LogP contribution < -0.4 is 21.9 Å². The summed E-state index contributed by atoms with van der Waals surface area (Å²) in [5.41, 5.74) is 18.9. The molecule has 0 fully saturated rings. The third-order valence-corrected chi connectivity index (χ3v) is 5.73. The SMILES string of the molecule is C=C(Cc1ccccc1)Oc1ccc2c(C(=O)c3cc(N)c(O)c(N)c3)c(CCCC(N)=O)oc2c1. The summed E-state index contributed by atoms with van der Waals surface area (Å²) < 4.78 is 12.0. The number of rotatable bonds is 10. The van der Waals surface area contributed by atoms with Crippen molar-refractivity contribution in [2.24, 2.45) is 5.73 Å². The number of benzene rings is 3. The summed E-state index contributed by atoms with van der Waals surface area (Å²) in [7, 11) is 0. The van der Waals surface area contributed by atoms with E-state index >= 15 is 0 Å². The number of aromatic hydroxyl groups is 1. The predicted molar refractivity (Wildman–Crippen MR) is 139 cm³/mol. The molecule has 0 aliphatic carbocycles. The number of ether oxygens (including phenoxy) is 1. The second kappa shape index (κ2) is 10.3. The van der Waals surface area contributed by atoms with Crippen LogP contribution in [0.3, 0.4) is 0 Å². The first-order valence-electron chi connectivity index (χ1n) is 11.4. The Bertz CT molecular complexity index is 1430. The van der Waals surface area contributed by atoms with Gasteiger partial charge in [-0.2, -0.15) is 0 Å². The van der Waals surface area contributed by atoms with Gasteiger partial charge in [-0.3, -0.25) is 9.59 Å². The number of carbonyl (C=O) groups excluding carboxylic acids is 2. The highest BCUT2D eigenvalue weighted by atomic mass is 16.5. The van der Waals surface area contributed by atoms with Crippen LogP contribution >= 0.6 is 0 Å². The first kappa shape index (κ1) is 24.4. The lowest BCUT2D eigenvalue weighted by Crippen LogP contribution is -2.11. The first-order chi connectivity index (χ1) is 17.2. The van der Waals surface area contributed by atoms with Crippen molar-refractivity contribution in [3.05, 3.63) is 95.5 Å². The number of nitrogen functional groups attached to an aromatic ring is 2. The van der Waals surface area contributed by atoms with E-state index in [2.05, 4.69) is 6.58 Å². The smallest absolute Gasteiger partial charge is 0.217 e. The maximum absolute atomic E-state index is 13.5. The van der Waals surface area contributed by atoms with Gasteiger partial charge in [0, 0.05) is 36.3 Å². The van der Waals surface area contributed by atoms with Gasteiger partial charge in [0.15, 0.2) is 11.5 Å². The lowest BCUT2D eigenvalue weighted by Gasteiger charge is -2.09. The van der Waals surface area contributed by atoms with Crippen LogP contribution in [0, 0.1) is 0 Å². The number of aryl methyl sites for hydroxylation is 1. The molecule has 184 valence electrons. The second-order valence-corrected chi connectivity index (χ2v) is 8.51. The number of nitrogens with two attached hydrogens (primary N) is 3. The Morgan fingerprint density at radius 3 is 2.36 bits per heavy atom. The van der Waals surface area contributed by atoms with Gasteiger partial charge in [0.25, 0.3) is 0 Å². The number of primary amides is 1. The van der Waals surface area contributed by atoms with E-state index in [1.165, 1.54) is 12.1 Å². The Balaban J connectivity index is 1.67. The highest BCUT2D eigenvalue weighted by Gasteiger charge is 2.24. The van der Waals surface area contributed by atoms with Crippen molar-refractivity contribution in [1.82, 2.24) is 0 Å². The fraction of sp³-hybridized carbons (Fsp3) is 0.143. The van der Waals surface area contributed by atoms with Crippen molar-refractivity contribution in [1.29, 1.82) is 0 Å². The number of hydrogen-bond donors (Lipinski definition) is 4. The molecule has 0 atom stereocenters. The van der Waals surface area contributed by atoms with Gasteiger partial charge < -0.3 is 31.5 Å². The van der Waals surface area contributed by atoms with Crippen LogP contribution in [-0.4, -0.2) is 16.8 Å². The van der Waals surface area contributed by atoms with Crippen molar-refractivity contribution in [3.63, 3.8) is 0 Å². The fourth-order valence-electron chi connectivity index (χ4n) is 4.02. The molecule has 1 amide bonds. The zero-order valence-corrected chi connectivity index (χ0v) is 19.6. The molecule has 0 bridgehead atoms. The summed E-state index contributed by atoms with van der Waals surface area (Å²) in [6.07, 6.45) is 1.42. The van der Waals surface area contributed by atoms with Crippen molar-refractivity contribution in [2.45, 2.75) is 25.7 Å². The quantitative estimate of drug-likeness (QED) is 0.112. The van der Waals surface area contributed by atoms with Gasteiger partial charge in [-0.05, 0) is 36.2 Å². The Morgan fingerprint density at radius 1 is 1.00 bits per heavy atom. The van der Waals surface area contributed by atoms with Gasteiger partial charge >= 0.3 is 0 Å². The normalized spacial score (nSPS) is 10.9. The molecule has 0 unspecified atom stereocenters. The Labute approximate surface area is 208 Å². The molecule has 8 heteroatoms. The summed E-state index contributed by atoms with van der Waals surface area (Å²) in [5, 5.41) is 10.5. The van der Waals surface area contributed by atoms with Crippen LogP contribution in [-0.2, 0) is 17.6 Å². The minimum atomic E-state index is -0.439. The van der Waals surface area contributed by atoms with Gasteiger partial charge in [0.05, 0.1) is 16.9 Å². The number of amides is 1. The second-order valence-electron chi connectivity index (χ2n) is 8.51. The monoisotopic (exact) mass is 485 g/mol. The van der Waals surface area contributed by atoms with E-state index in [1.807, 2.05) is 30.3 Å². The number of furan rings is 1. The van der Waals surface area contributed by atoms with Crippen LogP contribution in [0.25, 0.3) is 11.0 Å². The molecule has 1 aromatic heterocycles. The van der Waals surface area contributed by atoms with Crippen LogP contribution in [0.1, 0.15) is 40.1 Å². The lowest BCUT2D eigenvalue weighted by atomic mass is 9.97. The molecular weight excluding hydrogens is 458 g/mol. The number of phenolic OH excluding ortho intramolecular Hbond substituents is 1. The number of carbonyl (C=O) groups is 2. The topological polar surface area (TPSA) is 155 Å². The molecule has 0 aliphatic rings.